The Balaban J connectivity index is 1.71. The van der Waals surface area contributed by atoms with E-state index in [0.717, 1.165) is 77.1 Å². The number of rotatable bonds is 10. The molecule has 0 aromatic carbocycles. The fraction of sp³-hybridized carbons (Fsp3) is 0.889. The standard InChI is InChI=1S/C18H30O5/c19-13-14-10-11-16(23-18-9-5-6-12-22-18)15(14)7-3-1-2-4-8-17(20)21/h13-16,18H,1-12H2,(H,20,21). The Bertz CT molecular complexity index is 364. The number of carboxylic acid groups (broad SMARTS) is 1. The second kappa shape index (κ2) is 10.0. The van der Waals surface area contributed by atoms with E-state index in [1.54, 1.807) is 0 Å². The van der Waals surface area contributed by atoms with Crippen molar-refractivity contribution in [1.82, 2.24) is 0 Å². The molecule has 0 radical (unpaired) electrons. The summed E-state index contributed by atoms with van der Waals surface area (Å²) in [6.45, 7) is 0.780. The largest absolute Gasteiger partial charge is 0.481 e. The summed E-state index contributed by atoms with van der Waals surface area (Å²) in [6, 6.07) is 0. The molecule has 1 aliphatic heterocycles. The zero-order valence-electron chi connectivity index (χ0n) is 14.0. The maximum atomic E-state index is 11.3. The van der Waals surface area contributed by atoms with Crippen molar-refractivity contribution in [2.75, 3.05) is 6.61 Å². The van der Waals surface area contributed by atoms with Crippen molar-refractivity contribution in [1.29, 1.82) is 0 Å². The minimum atomic E-state index is -0.720. The Morgan fingerprint density at radius 3 is 2.65 bits per heavy atom. The van der Waals surface area contributed by atoms with Crippen LogP contribution in [-0.4, -0.2) is 36.4 Å². The van der Waals surface area contributed by atoms with Crippen LogP contribution in [0.25, 0.3) is 0 Å². The number of ether oxygens (including phenoxy) is 2. The van der Waals surface area contributed by atoms with E-state index in [0.29, 0.717) is 5.92 Å². The molecular formula is C18H30O5. The molecular weight excluding hydrogens is 296 g/mol. The molecule has 2 aliphatic rings. The topological polar surface area (TPSA) is 72.8 Å². The average Bonchev–Trinajstić information content (AvgIpc) is 2.93. The number of hydrogen-bond donors (Lipinski definition) is 1. The van der Waals surface area contributed by atoms with Crippen molar-refractivity contribution in [3.63, 3.8) is 0 Å². The van der Waals surface area contributed by atoms with Crippen LogP contribution in [0, 0.1) is 11.8 Å². The van der Waals surface area contributed by atoms with E-state index in [9.17, 15) is 9.59 Å². The fourth-order valence-electron chi connectivity index (χ4n) is 3.82. The predicted molar refractivity (Wildman–Crippen MR) is 86.1 cm³/mol. The maximum absolute atomic E-state index is 11.3. The van der Waals surface area contributed by atoms with Gasteiger partial charge in [0.25, 0.3) is 0 Å². The van der Waals surface area contributed by atoms with Gasteiger partial charge in [0, 0.05) is 18.9 Å². The predicted octanol–water partition coefficient (Wildman–Crippen LogP) is 3.55. The Kier molecular flexibility index (Phi) is 8.03. The zero-order chi connectivity index (χ0) is 16.5. The minimum absolute atomic E-state index is 0.0859. The van der Waals surface area contributed by atoms with Gasteiger partial charge in [0.1, 0.15) is 6.29 Å². The molecule has 0 bridgehead atoms. The Hall–Kier alpha value is -0.940. The number of aldehydes is 1. The molecule has 2 fully saturated rings. The summed E-state index contributed by atoms with van der Waals surface area (Å²) < 4.78 is 11.8. The monoisotopic (exact) mass is 326 g/mol. The van der Waals surface area contributed by atoms with Gasteiger partial charge in [-0.1, -0.05) is 19.3 Å². The summed E-state index contributed by atoms with van der Waals surface area (Å²) in [6.07, 6.45) is 11.3. The van der Waals surface area contributed by atoms with Crippen molar-refractivity contribution >= 4 is 12.3 Å². The van der Waals surface area contributed by atoms with E-state index in [-0.39, 0.29) is 24.7 Å². The van der Waals surface area contributed by atoms with Gasteiger partial charge >= 0.3 is 5.97 Å². The first kappa shape index (κ1) is 18.4. The van der Waals surface area contributed by atoms with Crippen molar-refractivity contribution in [2.45, 2.75) is 83.0 Å². The maximum Gasteiger partial charge on any atom is 0.303 e. The molecule has 4 unspecified atom stereocenters. The number of carbonyl (C=O) groups is 2. The summed E-state index contributed by atoms with van der Waals surface area (Å²) in [7, 11) is 0. The lowest BCUT2D eigenvalue weighted by molar-refractivity contribution is -0.196. The number of unbranched alkanes of at least 4 members (excludes halogenated alkanes) is 3. The highest BCUT2D eigenvalue weighted by molar-refractivity contribution is 5.66. The molecule has 1 saturated heterocycles. The normalized spacial score (nSPS) is 31.1. The third-order valence-electron chi connectivity index (χ3n) is 5.13. The van der Waals surface area contributed by atoms with Gasteiger partial charge in [0.2, 0.25) is 0 Å². The van der Waals surface area contributed by atoms with Crippen LogP contribution in [0.4, 0.5) is 0 Å². The van der Waals surface area contributed by atoms with Crippen molar-refractivity contribution < 1.29 is 24.2 Å². The van der Waals surface area contributed by atoms with E-state index in [1.165, 1.54) is 0 Å². The third-order valence-corrected chi connectivity index (χ3v) is 5.13. The van der Waals surface area contributed by atoms with Crippen LogP contribution in [0.5, 0.6) is 0 Å². The van der Waals surface area contributed by atoms with E-state index < -0.39 is 5.97 Å². The van der Waals surface area contributed by atoms with E-state index in [1.807, 2.05) is 0 Å². The molecule has 1 N–H and O–H groups in total. The molecule has 4 atom stereocenters. The second-order valence-electron chi connectivity index (χ2n) is 6.86. The summed E-state index contributed by atoms with van der Waals surface area (Å²) in [5.41, 5.74) is 0. The fourth-order valence-corrected chi connectivity index (χ4v) is 3.82. The molecule has 5 nitrogen and oxygen atoms in total. The van der Waals surface area contributed by atoms with E-state index >= 15 is 0 Å². The van der Waals surface area contributed by atoms with Gasteiger partial charge in [-0.3, -0.25) is 4.79 Å². The first-order valence-electron chi connectivity index (χ1n) is 9.15. The van der Waals surface area contributed by atoms with Crippen LogP contribution in [0.3, 0.4) is 0 Å². The molecule has 0 aromatic rings. The van der Waals surface area contributed by atoms with Crippen LogP contribution in [0.15, 0.2) is 0 Å². The van der Waals surface area contributed by atoms with Crippen LogP contribution >= 0.6 is 0 Å². The zero-order valence-corrected chi connectivity index (χ0v) is 14.0. The summed E-state index contributed by atoms with van der Waals surface area (Å²) in [5.74, 6) is -0.303. The molecule has 1 aliphatic carbocycles. The Morgan fingerprint density at radius 1 is 1.13 bits per heavy atom. The van der Waals surface area contributed by atoms with Crippen molar-refractivity contribution in [3.05, 3.63) is 0 Å². The van der Waals surface area contributed by atoms with Crippen LogP contribution in [-0.2, 0) is 19.1 Å². The average molecular weight is 326 g/mol. The molecule has 0 aromatic heterocycles. The SMILES string of the molecule is O=CC1CCC(OC2CCCCO2)C1CCCCCCC(=O)O. The van der Waals surface area contributed by atoms with Gasteiger partial charge in [0.05, 0.1) is 6.10 Å². The Labute approximate surface area is 138 Å². The minimum Gasteiger partial charge on any atom is -0.481 e. The van der Waals surface area contributed by atoms with E-state index in [4.69, 9.17) is 14.6 Å². The van der Waals surface area contributed by atoms with Gasteiger partial charge < -0.3 is 19.4 Å². The smallest absolute Gasteiger partial charge is 0.303 e. The van der Waals surface area contributed by atoms with Crippen molar-refractivity contribution in [3.8, 4) is 0 Å². The van der Waals surface area contributed by atoms with Crippen molar-refractivity contribution in [2.24, 2.45) is 11.8 Å². The molecule has 1 saturated carbocycles. The van der Waals surface area contributed by atoms with Crippen LogP contribution in [0.2, 0.25) is 0 Å². The number of carboxylic acids is 1. The molecule has 1 heterocycles. The highest BCUT2D eigenvalue weighted by Gasteiger charge is 2.37. The quantitative estimate of drug-likeness (QED) is 0.491. The molecule has 2 rings (SSSR count). The summed E-state index contributed by atoms with van der Waals surface area (Å²) in [4.78, 5) is 21.8. The Morgan fingerprint density at radius 2 is 1.96 bits per heavy atom. The molecule has 23 heavy (non-hydrogen) atoms. The molecule has 132 valence electrons. The number of aliphatic carboxylic acids is 1. The summed E-state index contributed by atoms with van der Waals surface area (Å²) in [5, 5.41) is 8.63. The lowest BCUT2D eigenvalue weighted by atomic mass is 9.90. The lowest BCUT2D eigenvalue weighted by Crippen LogP contribution is -2.31. The molecule has 0 spiro atoms. The van der Waals surface area contributed by atoms with Gasteiger partial charge in [0.15, 0.2) is 6.29 Å². The second-order valence-corrected chi connectivity index (χ2v) is 6.86. The van der Waals surface area contributed by atoms with Gasteiger partial charge in [-0.05, 0) is 50.9 Å². The first-order chi connectivity index (χ1) is 11.2. The van der Waals surface area contributed by atoms with Gasteiger partial charge in [-0.15, -0.1) is 0 Å². The summed E-state index contributed by atoms with van der Waals surface area (Å²) >= 11 is 0. The highest BCUT2D eigenvalue weighted by atomic mass is 16.7. The van der Waals surface area contributed by atoms with Crippen LogP contribution in [0.1, 0.15) is 70.6 Å². The number of hydrogen-bond acceptors (Lipinski definition) is 4. The molecule has 5 heteroatoms. The molecule has 0 amide bonds. The van der Waals surface area contributed by atoms with E-state index in [2.05, 4.69) is 0 Å². The first-order valence-corrected chi connectivity index (χ1v) is 9.15. The highest BCUT2D eigenvalue weighted by Crippen LogP contribution is 2.38. The van der Waals surface area contributed by atoms with Crippen LogP contribution < -0.4 is 0 Å². The van der Waals surface area contributed by atoms with Gasteiger partial charge in [-0.25, -0.2) is 0 Å². The number of carbonyl (C=O) groups excluding carboxylic acids is 1. The third kappa shape index (κ3) is 6.22. The van der Waals surface area contributed by atoms with Gasteiger partial charge in [-0.2, -0.15) is 0 Å². The lowest BCUT2D eigenvalue weighted by Gasteiger charge is -2.29.